The van der Waals surface area contributed by atoms with Gasteiger partial charge < -0.3 is 4.74 Å². The monoisotopic (exact) mass is 288 g/mol. The first-order valence-corrected chi connectivity index (χ1v) is 8.29. The average Bonchev–Trinajstić information content (AvgIpc) is 2.79. The molecular weight excluding hydrogens is 256 g/mol. The van der Waals surface area contributed by atoms with Crippen molar-refractivity contribution in [3.63, 3.8) is 0 Å². The van der Waals surface area contributed by atoms with Crippen LogP contribution in [0, 0.1) is 0 Å². The quantitative estimate of drug-likeness (QED) is 0.487. The second-order valence-corrected chi connectivity index (χ2v) is 6.69. The van der Waals surface area contributed by atoms with E-state index in [-0.39, 0.29) is 5.60 Å². The zero-order valence-corrected chi connectivity index (χ0v) is 14.4. The summed E-state index contributed by atoms with van der Waals surface area (Å²) in [4.78, 5) is 0. The molecule has 0 N–H and O–H groups in total. The van der Waals surface area contributed by atoms with Crippen LogP contribution < -0.4 is 0 Å². The van der Waals surface area contributed by atoms with E-state index in [4.69, 9.17) is 4.74 Å². The smallest absolute Gasteiger partial charge is 0.0598 e. The normalized spacial score (nSPS) is 19.3. The van der Waals surface area contributed by atoms with Crippen LogP contribution in [0.1, 0.15) is 66.2 Å². The van der Waals surface area contributed by atoms with Gasteiger partial charge >= 0.3 is 0 Å². The summed E-state index contributed by atoms with van der Waals surface area (Å²) in [6.07, 6.45) is 15.9. The van der Waals surface area contributed by atoms with E-state index in [0.717, 1.165) is 13.0 Å². The number of allylic oxidation sites excluding steroid dienone is 7. The third kappa shape index (κ3) is 6.95. The van der Waals surface area contributed by atoms with Crippen LogP contribution in [0.4, 0.5) is 0 Å². The van der Waals surface area contributed by atoms with Gasteiger partial charge in [0.1, 0.15) is 0 Å². The van der Waals surface area contributed by atoms with E-state index in [0.29, 0.717) is 0 Å². The molecule has 0 aromatic heterocycles. The summed E-state index contributed by atoms with van der Waals surface area (Å²) < 4.78 is 5.75. The maximum Gasteiger partial charge on any atom is 0.0598 e. The van der Waals surface area contributed by atoms with Gasteiger partial charge in [-0.05, 0) is 70.1 Å². The topological polar surface area (TPSA) is 9.23 Å². The van der Waals surface area contributed by atoms with Crippen LogP contribution in [0.2, 0.25) is 0 Å². The number of hydrogen-bond acceptors (Lipinski definition) is 1. The number of rotatable bonds is 8. The van der Waals surface area contributed by atoms with Gasteiger partial charge in [-0.15, -0.1) is 0 Å². The SMILES string of the molecule is C=C/C=C1/C(CCCCCCOC(C)(C)C)=CC/C1=C/C. The lowest BCUT2D eigenvalue weighted by Crippen LogP contribution is -2.19. The molecule has 118 valence electrons. The summed E-state index contributed by atoms with van der Waals surface area (Å²) in [5, 5.41) is 0. The van der Waals surface area contributed by atoms with Crippen molar-refractivity contribution in [1.29, 1.82) is 0 Å². The highest BCUT2D eigenvalue weighted by Crippen LogP contribution is 2.33. The predicted molar refractivity (Wildman–Crippen MR) is 93.5 cm³/mol. The maximum absolute atomic E-state index is 5.75. The Hall–Kier alpha value is -1.08. The van der Waals surface area contributed by atoms with Crippen LogP contribution in [0.3, 0.4) is 0 Å². The number of hydrogen-bond donors (Lipinski definition) is 0. The first-order valence-electron chi connectivity index (χ1n) is 8.29. The highest BCUT2D eigenvalue weighted by Gasteiger charge is 2.15. The van der Waals surface area contributed by atoms with Gasteiger partial charge in [0.2, 0.25) is 0 Å². The van der Waals surface area contributed by atoms with Crippen molar-refractivity contribution in [2.45, 2.75) is 71.8 Å². The second-order valence-electron chi connectivity index (χ2n) is 6.69. The molecule has 1 aliphatic rings. The van der Waals surface area contributed by atoms with Crippen molar-refractivity contribution in [1.82, 2.24) is 0 Å². The van der Waals surface area contributed by atoms with Gasteiger partial charge in [-0.2, -0.15) is 0 Å². The standard InChI is InChI=1S/C20H32O/c1-6-12-19-17(7-2)14-15-18(19)13-10-8-9-11-16-21-20(3,4)5/h6-7,12,15H,1,8-11,13-14,16H2,2-5H3/b17-7-,19-12+. The summed E-state index contributed by atoms with van der Waals surface area (Å²) in [7, 11) is 0. The number of ether oxygens (including phenoxy) is 1. The van der Waals surface area contributed by atoms with Gasteiger partial charge in [0.25, 0.3) is 0 Å². The molecule has 1 rings (SSSR count). The highest BCUT2D eigenvalue weighted by atomic mass is 16.5. The second kappa shape index (κ2) is 9.04. The molecule has 0 unspecified atom stereocenters. The Morgan fingerprint density at radius 1 is 1.19 bits per heavy atom. The Kier molecular flexibility index (Phi) is 7.74. The van der Waals surface area contributed by atoms with Gasteiger partial charge in [-0.3, -0.25) is 0 Å². The minimum absolute atomic E-state index is 0.00192. The van der Waals surface area contributed by atoms with Crippen LogP contribution >= 0.6 is 0 Å². The Bertz CT molecular complexity index is 416. The highest BCUT2D eigenvalue weighted by molar-refractivity contribution is 5.54. The lowest BCUT2D eigenvalue weighted by Gasteiger charge is -2.19. The summed E-state index contributed by atoms with van der Waals surface area (Å²) in [5.41, 5.74) is 4.36. The fraction of sp³-hybridized carbons (Fsp3) is 0.600. The van der Waals surface area contributed by atoms with E-state index < -0.39 is 0 Å². The molecule has 1 nitrogen and oxygen atoms in total. The molecule has 0 heterocycles. The molecule has 0 aromatic rings. The molecule has 0 saturated heterocycles. The van der Waals surface area contributed by atoms with Crippen molar-refractivity contribution in [3.8, 4) is 0 Å². The largest absolute Gasteiger partial charge is 0.376 e. The third-order valence-corrected chi connectivity index (χ3v) is 3.77. The Balaban J connectivity index is 2.21. The summed E-state index contributed by atoms with van der Waals surface area (Å²) in [6, 6.07) is 0. The van der Waals surface area contributed by atoms with Crippen LogP contribution in [0.5, 0.6) is 0 Å². The van der Waals surface area contributed by atoms with Crippen molar-refractivity contribution in [2.75, 3.05) is 6.61 Å². The van der Waals surface area contributed by atoms with Crippen molar-refractivity contribution in [3.05, 3.63) is 47.6 Å². The van der Waals surface area contributed by atoms with E-state index in [2.05, 4.69) is 52.5 Å². The predicted octanol–water partition coefficient (Wildman–Crippen LogP) is 6.14. The molecule has 0 atom stereocenters. The molecule has 0 saturated carbocycles. The third-order valence-electron chi connectivity index (χ3n) is 3.77. The molecule has 0 amide bonds. The Morgan fingerprint density at radius 2 is 1.90 bits per heavy atom. The maximum atomic E-state index is 5.75. The lowest BCUT2D eigenvalue weighted by atomic mass is 9.98. The summed E-state index contributed by atoms with van der Waals surface area (Å²) in [6.45, 7) is 13.2. The molecular formula is C20H32O. The molecule has 1 aliphatic carbocycles. The van der Waals surface area contributed by atoms with Crippen LogP contribution in [0.25, 0.3) is 0 Å². The van der Waals surface area contributed by atoms with Crippen molar-refractivity contribution in [2.24, 2.45) is 0 Å². The Labute approximate surface area is 131 Å². The van der Waals surface area contributed by atoms with Crippen LogP contribution in [-0.4, -0.2) is 12.2 Å². The van der Waals surface area contributed by atoms with Crippen molar-refractivity contribution >= 4 is 0 Å². The van der Waals surface area contributed by atoms with E-state index >= 15 is 0 Å². The van der Waals surface area contributed by atoms with Gasteiger partial charge in [0.15, 0.2) is 0 Å². The fourth-order valence-corrected chi connectivity index (χ4v) is 2.65. The van der Waals surface area contributed by atoms with Gasteiger partial charge in [0.05, 0.1) is 5.60 Å². The molecule has 0 radical (unpaired) electrons. The van der Waals surface area contributed by atoms with Crippen LogP contribution in [0.15, 0.2) is 47.6 Å². The molecule has 0 spiro atoms. The summed E-state index contributed by atoms with van der Waals surface area (Å²) in [5.74, 6) is 0. The first-order chi connectivity index (χ1) is 9.98. The molecule has 21 heavy (non-hydrogen) atoms. The van der Waals surface area contributed by atoms with E-state index in [9.17, 15) is 0 Å². The van der Waals surface area contributed by atoms with E-state index in [1.54, 1.807) is 0 Å². The average molecular weight is 288 g/mol. The lowest BCUT2D eigenvalue weighted by molar-refractivity contribution is -0.00473. The first kappa shape index (κ1) is 18.0. The molecule has 0 aliphatic heterocycles. The van der Waals surface area contributed by atoms with E-state index in [1.807, 2.05) is 6.08 Å². The Morgan fingerprint density at radius 3 is 2.52 bits per heavy atom. The minimum Gasteiger partial charge on any atom is -0.376 e. The minimum atomic E-state index is 0.00192. The van der Waals surface area contributed by atoms with Crippen molar-refractivity contribution < 1.29 is 4.74 Å². The molecule has 0 fully saturated rings. The van der Waals surface area contributed by atoms with Gasteiger partial charge in [-0.25, -0.2) is 0 Å². The van der Waals surface area contributed by atoms with E-state index in [1.165, 1.54) is 48.8 Å². The van der Waals surface area contributed by atoms with Gasteiger partial charge in [0, 0.05) is 6.61 Å². The summed E-state index contributed by atoms with van der Waals surface area (Å²) >= 11 is 0. The fourth-order valence-electron chi connectivity index (χ4n) is 2.65. The van der Waals surface area contributed by atoms with Gasteiger partial charge in [-0.1, -0.05) is 43.7 Å². The molecule has 0 bridgehead atoms. The molecule has 1 heteroatoms. The number of unbranched alkanes of at least 4 members (excludes halogenated alkanes) is 3. The molecule has 0 aromatic carbocycles. The zero-order chi connectivity index (χ0) is 15.7. The van der Waals surface area contributed by atoms with Crippen LogP contribution in [-0.2, 0) is 4.74 Å². The zero-order valence-electron chi connectivity index (χ0n) is 14.4.